The molecule has 0 bridgehead atoms. The van der Waals surface area contributed by atoms with Crippen molar-refractivity contribution in [2.24, 2.45) is 0 Å². The molecule has 1 aliphatic rings. The van der Waals surface area contributed by atoms with Gasteiger partial charge in [0.2, 0.25) is 0 Å². The van der Waals surface area contributed by atoms with Gasteiger partial charge in [0, 0.05) is 3.57 Å². The predicted octanol–water partition coefficient (Wildman–Crippen LogP) is 6.64. The molecule has 0 N–H and O–H groups in total. The number of imide groups is 1. The Hall–Kier alpha value is -3.00. The lowest BCUT2D eigenvalue weighted by atomic mass is 10.1. The average Bonchev–Trinajstić information content (AvgIpc) is 3.11. The maximum atomic E-state index is 13.0. The molecule has 0 spiro atoms. The van der Waals surface area contributed by atoms with Gasteiger partial charge in [0.1, 0.15) is 6.61 Å². The lowest BCUT2D eigenvalue weighted by Crippen LogP contribution is -2.27. The van der Waals surface area contributed by atoms with E-state index in [0.717, 1.165) is 25.8 Å². The molecule has 1 saturated heterocycles. The second kappa shape index (κ2) is 11.2. The molecule has 0 aliphatic carbocycles. The third-order valence-electron chi connectivity index (χ3n) is 5.19. The third-order valence-corrected chi connectivity index (χ3v) is 7.09. The minimum atomic E-state index is -0.429. The first-order chi connectivity index (χ1) is 16.9. The minimum absolute atomic E-state index is 0.0289. The van der Waals surface area contributed by atoms with Gasteiger partial charge in [-0.05, 0) is 87.5 Å². The Morgan fingerprint density at radius 1 is 1.14 bits per heavy atom. The van der Waals surface area contributed by atoms with E-state index in [4.69, 9.17) is 21.1 Å². The Labute approximate surface area is 225 Å². The van der Waals surface area contributed by atoms with Crippen molar-refractivity contribution in [3.63, 3.8) is 0 Å². The molecule has 0 radical (unpaired) electrons. The number of thioether (sulfide) groups is 1. The van der Waals surface area contributed by atoms with Crippen LogP contribution < -0.4 is 9.47 Å². The molecule has 3 aromatic carbocycles. The molecular formula is C26H18ClIN2O4S. The van der Waals surface area contributed by atoms with E-state index >= 15 is 0 Å². The first-order valence-electron chi connectivity index (χ1n) is 10.4. The van der Waals surface area contributed by atoms with Gasteiger partial charge in [0.25, 0.3) is 11.1 Å². The van der Waals surface area contributed by atoms with E-state index in [-0.39, 0.29) is 11.4 Å². The fourth-order valence-corrected chi connectivity index (χ4v) is 4.90. The zero-order valence-electron chi connectivity index (χ0n) is 18.5. The molecule has 0 saturated carbocycles. The van der Waals surface area contributed by atoms with E-state index in [9.17, 15) is 14.9 Å². The summed E-state index contributed by atoms with van der Waals surface area (Å²) >= 11 is 9.57. The number of amides is 2. The summed E-state index contributed by atoms with van der Waals surface area (Å²) < 4.78 is 12.5. The predicted molar refractivity (Wildman–Crippen MR) is 144 cm³/mol. The molecule has 9 heteroatoms. The van der Waals surface area contributed by atoms with Gasteiger partial charge >= 0.3 is 0 Å². The Kier molecular flexibility index (Phi) is 8.00. The van der Waals surface area contributed by atoms with Gasteiger partial charge in [-0.15, -0.1) is 0 Å². The van der Waals surface area contributed by atoms with Crippen LogP contribution in [0.25, 0.3) is 6.08 Å². The van der Waals surface area contributed by atoms with Crippen LogP contribution in [0.2, 0.25) is 5.02 Å². The summed E-state index contributed by atoms with van der Waals surface area (Å²) in [5, 5.41) is 9.22. The Balaban J connectivity index is 1.54. The number of rotatable bonds is 7. The molecule has 6 nitrogen and oxygen atoms in total. The van der Waals surface area contributed by atoms with Gasteiger partial charge < -0.3 is 9.47 Å². The van der Waals surface area contributed by atoms with E-state index in [1.165, 1.54) is 7.11 Å². The zero-order valence-corrected chi connectivity index (χ0v) is 22.2. The number of nitriles is 1. The number of hydrogen-bond donors (Lipinski definition) is 0. The highest BCUT2D eigenvalue weighted by atomic mass is 127. The van der Waals surface area contributed by atoms with Crippen molar-refractivity contribution >= 4 is 63.2 Å². The molecule has 1 heterocycles. The van der Waals surface area contributed by atoms with Crippen molar-refractivity contribution in [3.8, 4) is 17.6 Å². The SMILES string of the molecule is COc1cc(/C=C2/SC(=O)N(Cc3ccccc3C#N)C2=O)cc(Cl)c1OCc1ccc(I)cc1. The van der Waals surface area contributed by atoms with Crippen molar-refractivity contribution in [3.05, 3.63) is 96.4 Å². The van der Waals surface area contributed by atoms with Gasteiger partial charge in [-0.1, -0.05) is 41.9 Å². The molecule has 2 amide bonds. The number of halogens is 2. The Morgan fingerprint density at radius 3 is 2.60 bits per heavy atom. The topological polar surface area (TPSA) is 79.6 Å². The highest BCUT2D eigenvalue weighted by Crippen LogP contribution is 2.39. The minimum Gasteiger partial charge on any atom is -0.493 e. The van der Waals surface area contributed by atoms with Crippen molar-refractivity contribution < 1.29 is 19.1 Å². The first-order valence-corrected chi connectivity index (χ1v) is 12.6. The lowest BCUT2D eigenvalue weighted by molar-refractivity contribution is -0.123. The van der Waals surface area contributed by atoms with Crippen LogP contribution in [0.4, 0.5) is 4.79 Å². The van der Waals surface area contributed by atoms with Crippen molar-refractivity contribution in [2.45, 2.75) is 13.2 Å². The summed E-state index contributed by atoms with van der Waals surface area (Å²) in [6.07, 6.45) is 1.60. The molecule has 0 aromatic heterocycles. The molecule has 35 heavy (non-hydrogen) atoms. The summed E-state index contributed by atoms with van der Waals surface area (Å²) in [5.41, 5.74) is 2.61. The van der Waals surface area contributed by atoms with Crippen molar-refractivity contribution in [2.75, 3.05) is 7.11 Å². The number of ether oxygens (including phenoxy) is 2. The smallest absolute Gasteiger partial charge is 0.293 e. The quantitative estimate of drug-likeness (QED) is 0.219. The second-order valence-corrected chi connectivity index (χ2v) is 10.1. The van der Waals surface area contributed by atoms with Gasteiger partial charge in [-0.2, -0.15) is 5.26 Å². The van der Waals surface area contributed by atoms with Crippen LogP contribution in [0.3, 0.4) is 0 Å². The summed E-state index contributed by atoms with van der Waals surface area (Å²) in [7, 11) is 1.51. The van der Waals surface area contributed by atoms with Crippen LogP contribution in [-0.2, 0) is 17.9 Å². The number of carbonyl (C=O) groups is 2. The van der Waals surface area contributed by atoms with Gasteiger partial charge in [-0.3, -0.25) is 14.5 Å². The van der Waals surface area contributed by atoms with E-state index < -0.39 is 11.1 Å². The van der Waals surface area contributed by atoms with Crippen LogP contribution >= 0.6 is 46.0 Å². The Morgan fingerprint density at radius 2 is 1.89 bits per heavy atom. The van der Waals surface area contributed by atoms with Gasteiger partial charge in [-0.25, -0.2) is 0 Å². The van der Waals surface area contributed by atoms with Crippen LogP contribution in [0.15, 0.2) is 65.6 Å². The van der Waals surface area contributed by atoms with Crippen LogP contribution in [0.5, 0.6) is 11.5 Å². The molecule has 1 aliphatic heterocycles. The van der Waals surface area contributed by atoms with Crippen LogP contribution in [0, 0.1) is 14.9 Å². The highest BCUT2D eigenvalue weighted by Gasteiger charge is 2.35. The fraction of sp³-hybridized carbons (Fsp3) is 0.115. The van der Waals surface area contributed by atoms with E-state index in [0.29, 0.717) is 39.8 Å². The summed E-state index contributed by atoms with van der Waals surface area (Å²) in [5.74, 6) is 0.379. The molecule has 0 atom stereocenters. The normalized spacial score (nSPS) is 14.3. The van der Waals surface area contributed by atoms with E-state index in [2.05, 4.69) is 28.7 Å². The summed E-state index contributed by atoms with van der Waals surface area (Å²) in [4.78, 5) is 26.9. The number of methoxy groups -OCH3 is 1. The third kappa shape index (κ3) is 5.81. The average molecular weight is 617 g/mol. The zero-order chi connectivity index (χ0) is 24.9. The molecule has 3 aromatic rings. The first kappa shape index (κ1) is 25.1. The largest absolute Gasteiger partial charge is 0.493 e. The van der Waals surface area contributed by atoms with Crippen molar-refractivity contribution in [1.82, 2.24) is 4.90 Å². The number of carbonyl (C=O) groups excluding carboxylic acids is 2. The molecule has 176 valence electrons. The van der Waals surface area contributed by atoms with E-state index in [1.807, 2.05) is 24.3 Å². The maximum Gasteiger partial charge on any atom is 0.293 e. The summed E-state index contributed by atoms with van der Waals surface area (Å²) in [6, 6.07) is 20.3. The second-order valence-electron chi connectivity index (χ2n) is 7.49. The summed E-state index contributed by atoms with van der Waals surface area (Å²) in [6.45, 7) is 0.344. The fourth-order valence-electron chi connectivity index (χ4n) is 3.42. The van der Waals surface area contributed by atoms with Crippen LogP contribution in [0.1, 0.15) is 22.3 Å². The lowest BCUT2D eigenvalue weighted by Gasteiger charge is -2.14. The highest BCUT2D eigenvalue weighted by molar-refractivity contribution is 14.1. The monoisotopic (exact) mass is 616 g/mol. The standard InChI is InChI=1S/C26H18ClIN2O4S/c1-33-22-11-17(10-21(27)24(22)34-15-16-6-8-20(28)9-7-16)12-23-25(31)30(26(32)35-23)14-19-5-3-2-4-18(19)13-29/h2-12H,14-15H2,1H3/b23-12+. The Bertz CT molecular complexity index is 1370. The molecule has 4 rings (SSSR count). The van der Waals surface area contributed by atoms with Crippen molar-refractivity contribution in [1.29, 1.82) is 5.26 Å². The van der Waals surface area contributed by atoms with Crippen LogP contribution in [-0.4, -0.2) is 23.2 Å². The van der Waals surface area contributed by atoms with E-state index in [1.54, 1.807) is 42.5 Å². The number of benzene rings is 3. The number of hydrogen-bond acceptors (Lipinski definition) is 6. The maximum absolute atomic E-state index is 13.0. The number of nitrogens with zero attached hydrogens (tertiary/aromatic N) is 2. The van der Waals surface area contributed by atoms with Gasteiger partial charge in [0.05, 0.1) is 35.2 Å². The molecule has 0 unspecified atom stereocenters. The molecular weight excluding hydrogens is 599 g/mol. The molecule has 1 fully saturated rings. The van der Waals surface area contributed by atoms with Gasteiger partial charge in [0.15, 0.2) is 11.5 Å².